The van der Waals surface area contributed by atoms with Gasteiger partial charge in [0.1, 0.15) is 29.5 Å². The van der Waals surface area contributed by atoms with Gasteiger partial charge < -0.3 is 25.0 Å². The minimum Gasteiger partial charge on any atom is -0.494 e. The van der Waals surface area contributed by atoms with Gasteiger partial charge in [-0.25, -0.2) is 18.4 Å². The van der Waals surface area contributed by atoms with E-state index >= 15 is 0 Å². The van der Waals surface area contributed by atoms with Gasteiger partial charge in [-0.15, -0.1) is 17.9 Å². The van der Waals surface area contributed by atoms with Gasteiger partial charge in [-0.2, -0.15) is 0 Å². The van der Waals surface area contributed by atoms with E-state index in [1.807, 2.05) is 36.6 Å². The molecule has 0 unspecified atom stereocenters. The van der Waals surface area contributed by atoms with Gasteiger partial charge in [0.05, 0.1) is 30.8 Å². The molecule has 1 saturated heterocycles. The van der Waals surface area contributed by atoms with Gasteiger partial charge in [0, 0.05) is 39.1 Å². The molecule has 55 heavy (non-hydrogen) atoms. The third-order valence-electron chi connectivity index (χ3n) is 10.2. The summed E-state index contributed by atoms with van der Waals surface area (Å²) in [6.45, 7) is 11.6. The lowest BCUT2D eigenvalue weighted by atomic mass is 10.1. The molecule has 1 aliphatic heterocycles. The van der Waals surface area contributed by atoms with Gasteiger partial charge in [-0.1, -0.05) is 54.1 Å². The maximum absolute atomic E-state index is 14.6. The number of likely N-dealkylation sites (tertiary alicyclic amines) is 1. The molecule has 288 valence electrons. The molecule has 16 heteroatoms. The van der Waals surface area contributed by atoms with Crippen molar-refractivity contribution >= 4 is 66.6 Å². The highest BCUT2D eigenvalue weighted by Gasteiger charge is 2.62. The Morgan fingerprint density at radius 3 is 2.55 bits per heavy atom. The van der Waals surface area contributed by atoms with Crippen LogP contribution in [0, 0.1) is 12.8 Å². The summed E-state index contributed by atoms with van der Waals surface area (Å²) >= 11 is 7.69. The van der Waals surface area contributed by atoms with E-state index in [2.05, 4.69) is 33.5 Å². The number of sulfonamides is 1. The number of ether oxygens (including phenoxy) is 2. The van der Waals surface area contributed by atoms with E-state index in [4.69, 9.17) is 26.1 Å². The Kier molecular flexibility index (Phi) is 10.4. The summed E-state index contributed by atoms with van der Waals surface area (Å²) in [5.41, 5.74) is 1.71. The number of halogens is 1. The Morgan fingerprint density at radius 1 is 1.15 bits per heavy atom. The molecule has 3 aliphatic rings. The van der Waals surface area contributed by atoms with Crippen molar-refractivity contribution in [2.24, 2.45) is 5.92 Å². The molecule has 2 aromatic carbocycles. The van der Waals surface area contributed by atoms with Crippen LogP contribution in [0.4, 0.5) is 5.13 Å². The Morgan fingerprint density at radius 2 is 1.89 bits per heavy atom. The number of anilines is 1. The monoisotopic (exact) mass is 804 g/mol. The maximum Gasteiger partial charge on any atom is 0.259 e. The molecule has 0 radical (unpaired) electrons. The Bertz CT molecular complexity index is 2310. The number of carbonyl (C=O) groups excluding carboxylic acids is 3. The lowest BCUT2D eigenvalue weighted by Gasteiger charge is -2.30. The summed E-state index contributed by atoms with van der Waals surface area (Å²) in [7, 11) is -2.37. The highest BCUT2D eigenvalue weighted by molar-refractivity contribution is 7.91. The molecule has 13 nitrogen and oxygen atoms in total. The van der Waals surface area contributed by atoms with E-state index in [0.717, 1.165) is 16.8 Å². The minimum atomic E-state index is -3.90. The van der Waals surface area contributed by atoms with Crippen molar-refractivity contribution in [1.82, 2.24) is 24.9 Å². The summed E-state index contributed by atoms with van der Waals surface area (Å²) in [6.07, 6.45) is 3.42. The smallest absolute Gasteiger partial charge is 0.259 e. The molecule has 7 rings (SSSR count). The second-order valence-electron chi connectivity index (χ2n) is 14.3. The van der Waals surface area contributed by atoms with Crippen LogP contribution in [0.15, 0.2) is 78.8 Å². The van der Waals surface area contributed by atoms with Crippen LogP contribution in [0.25, 0.3) is 22.0 Å². The molecule has 3 heterocycles. The molecular weight excluding hydrogens is 764 g/mol. The summed E-state index contributed by atoms with van der Waals surface area (Å²) < 4.78 is 39.6. The normalized spacial score (nSPS) is 22.4. The zero-order chi connectivity index (χ0) is 39.2. The fourth-order valence-corrected chi connectivity index (χ4v) is 9.14. The first kappa shape index (κ1) is 38.3. The number of benzene rings is 2. The first-order valence-electron chi connectivity index (χ1n) is 17.8. The average molecular weight is 805 g/mol. The first-order chi connectivity index (χ1) is 26.2. The predicted octanol–water partition coefficient (Wildman–Crippen LogP) is 5.40. The van der Waals surface area contributed by atoms with Gasteiger partial charge in [0.2, 0.25) is 27.7 Å². The number of thiazole rings is 1. The van der Waals surface area contributed by atoms with Crippen LogP contribution in [0.2, 0.25) is 5.02 Å². The minimum absolute atomic E-state index is 0.0230. The molecule has 4 aromatic rings. The number of aryl methyl sites for hydroxylation is 1. The third-order valence-corrected chi connectivity index (χ3v) is 13.1. The largest absolute Gasteiger partial charge is 0.494 e. The Hall–Kier alpha value is -4.99. The van der Waals surface area contributed by atoms with Crippen molar-refractivity contribution in [3.63, 3.8) is 0 Å². The molecule has 5 atom stereocenters. The van der Waals surface area contributed by atoms with Crippen LogP contribution < -0.4 is 24.8 Å². The molecule has 0 bridgehead atoms. The number of fused-ring (bicyclic) bond motifs is 1. The van der Waals surface area contributed by atoms with Crippen LogP contribution in [0.1, 0.15) is 38.2 Å². The molecule has 3 amide bonds. The highest BCUT2D eigenvalue weighted by Crippen LogP contribution is 2.46. The summed E-state index contributed by atoms with van der Waals surface area (Å²) in [5.74, 6) is -1.71. The van der Waals surface area contributed by atoms with E-state index in [1.165, 1.54) is 35.6 Å². The van der Waals surface area contributed by atoms with Crippen LogP contribution in [0.3, 0.4) is 0 Å². The maximum atomic E-state index is 14.6. The lowest BCUT2D eigenvalue weighted by Crippen LogP contribution is -2.57. The fourth-order valence-electron chi connectivity index (χ4n) is 6.86. The number of rotatable bonds is 14. The molecular formula is C39H41ClN6O7S2. The first-order valence-corrected chi connectivity index (χ1v) is 20.6. The number of hydrogen-bond acceptors (Lipinski definition) is 11. The zero-order valence-corrected chi connectivity index (χ0v) is 32.9. The van der Waals surface area contributed by atoms with E-state index in [9.17, 15) is 22.8 Å². The van der Waals surface area contributed by atoms with Gasteiger partial charge in [0.15, 0.2) is 5.13 Å². The van der Waals surface area contributed by atoms with Crippen LogP contribution in [-0.2, 0) is 24.4 Å². The molecule has 2 aliphatic carbocycles. The third kappa shape index (κ3) is 7.78. The Balaban J connectivity index is 1.17. The number of amides is 3. The van der Waals surface area contributed by atoms with Crippen molar-refractivity contribution < 1.29 is 32.3 Å². The van der Waals surface area contributed by atoms with E-state index in [0.29, 0.717) is 45.1 Å². The van der Waals surface area contributed by atoms with Crippen molar-refractivity contribution in [2.75, 3.05) is 19.0 Å². The average Bonchev–Trinajstić information content (AvgIpc) is 4.04. The summed E-state index contributed by atoms with van der Waals surface area (Å²) in [4.78, 5) is 53.0. The molecule has 3 N–H and O–H groups in total. The Labute approximate surface area is 328 Å². The predicted molar refractivity (Wildman–Crippen MR) is 212 cm³/mol. The number of aromatic nitrogens is 2. The number of hydrogen-bond donors (Lipinski definition) is 3. The highest BCUT2D eigenvalue weighted by atomic mass is 35.5. The van der Waals surface area contributed by atoms with Crippen molar-refractivity contribution in [1.29, 1.82) is 0 Å². The quantitative estimate of drug-likeness (QED) is 0.140. The van der Waals surface area contributed by atoms with E-state index in [-0.39, 0.29) is 25.3 Å². The van der Waals surface area contributed by atoms with Crippen LogP contribution in [-0.4, -0.2) is 83.6 Å². The van der Waals surface area contributed by atoms with Crippen LogP contribution in [0.5, 0.6) is 11.6 Å². The summed E-state index contributed by atoms with van der Waals surface area (Å²) in [6, 6.07) is 11.1. The summed E-state index contributed by atoms with van der Waals surface area (Å²) in [5, 5.41) is 9.50. The van der Waals surface area contributed by atoms with E-state index in [1.54, 1.807) is 25.1 Å². The van der Waals surface area contributed by atoms with Crippen molar-refractivity contribution in [3.05, 3.63) is 89.4 Å². The number of methoxy groups -OCH3 is 1. The number of carbonyl (C=O) groups is 3. The number of pyridine rings is 1. The molecule has 3 fully saturated rings. The molecule has 2 aromatic heterocycles. The molecule has 0 spiro atoms. The van der Waals surface area contributed by atoms with Crippen LogP contribution >= 0.6 is 22.9 Å². The van der Waals surface area contributed by atoms with Gasteiger partial charge in [-0.05, 0) is 56.9 Å². The van der Waals surface area contributed by atoms with Crippen molar-refractivity contribution in [3.8, 4) is 22.9 Å². The van der Waals surface area contributed by atoms with Crippen molar-refractivity contribution in [2.45, 2.75) is 68.5 Å². The lowest BCUT2D eigenvalue weighted by molar-refractivity contribution is -0.139. The second kappa shape index (κ2) is 14.9. The standard InChI is InChI=1S/C39H41ClN6O7S2/c1-6-24-17-39(24,37(49)45-55(50,51)27-12-13-27)44-34(47)31-16-26(53-35-29-15-25(40)11-14-28(29)32(52-5)18-41-35)19-46(31)36(48)33(21(2)3)43-38-42-30(20-54-38)23-9-7-22(4)8-10-23/h6-11,14-15,18,20,24,26-27,31,33H,1-2,12-13,16-17,19H2,3-5H3,(H,42,43)(H,44,47)(H,45,49)/t24-,26-,31+,33+,39-/m1/s1. The van der Waals surface area contributed by atoms with Gasteiger partial charge in [-0.3, -0.25) is 19.1 Å². The zero-order valence-electron chi connectivity index (χ0n) is 30.5. The van der Waals surface area contributed by atoms with Gasteiger partial charge >= 0.3 is 0 Å². The van der Waals surface area contributed by atoms with E-state index < -0.39 is 62.6 Å². The topological polar surface area (TPSA) is 169 Å². The SMILES string of the molecule is C=C[C@@H]1C[C@]1(NC(=O)[C@@H]1C[C@@H](Oc2ncc(OC)c3ccc(Cl)cc23)CN1C(=O)[C@@H](Nc1nc(-c2ccc(C)cc2)cs1)C(=C)C)C(=O)NS(=O)(=O)C1CC1. The van der Waals surface area contributed by atoms with Gasteiger partial charge in [0.25, 0.3) is 5.91 Å². The number of nitrogens with one attached hydrogen (secondary N) is 3. The second-order valence-corrected chi connectivity index (χ2v) is 17.6. The fraction of sp³-hybridized carbons (Fsp3) is 0.359. The molecule has 2 saturated carbocycles. The number of nitrogens with zero attached hydrogens (tertiary/aromatic N) is 3.